The van der Waals surface area contributed by atoms with E-state index in [4.69, 9.17) is 5.26 Å². The summed E-state index contributed by atoms with van der Waals surface area (Å²) in [6.07, 6.45) is 0.925. The number of nitriles is 1. The standard InChI is InChI=1S/C15H14N2/c1-3-12-7-13(10-16)9-14(8-12)15-6-4-5-11(2)17-15/h4-9H,3H2,1-2H3. The Balaban J connectivity index is 2.55. The fourth-order valence-electron chi connectivity index (χ4n) is 1.81. The molecule has 0 aliphatic heterocycles. The van der Waals surface area contributed by atoms with Gasteiger partial charge in [-0.3, -0.25) is 4.98 Å². The maximum absolute atomic E-state index is 9.01. The molecule has 0 aliphatic rings. The van der Waals surface area contributed by atoms with Gasteiger partial charge in [0.15, 0.2) is 0 Å². The third kappa shape index (κ3) is 2.51. The van der Waals surface area contributed by atoms with Crippen molar-refractivity contribution in [1.82, 2.24) is 4.98 Å². The Labute approximate surface area is 102 Å². The molecule has 0 atom stereocenters. The van der Waals surface area contributed by atoms with Crippen LogP contribution < -0.4 is 0 Å². The summed E-state index contributed by atoms with van der Waals surface area (Å²) in [5.74, 6) is 0. The summed E-state index contributed by atoms with van der Waals surface area (Å²) >= 11 is 0. The molecule has 0 saturated heterocycles. The number of nitrogens with zero attached hydrogens (tertiary/aromatic N) is 2. The van der Waals surface area contributed by atoms with E-state index in [2.05, 4.69) is 24.0 Å². The Hall–Kier alpha value is -2.14. The van der Waals surface area contributed by atoms with Crippen molar-refractivity contribution < 1.29 is 0 Å². The Morgan fingerprint density at radius 1 is 1.24 bits per heavy atom. The Morgan fingerprint density at radius 2 is 2.06 bits per heavy atom. The Kier molecular flexibility index (Phi) is 3.20. The molecule has 17 heavy (non-hydrogen) atoms. The van der Waals surface area contributed by atoms with E-state index in [1.807, 2.05) is 37.3 Å². The number of aromatic nitrogens is 1. The quantitative estimate of drug-likeness (QED) is 0.779. The summed E-state index contributed by atoms with van der Waals surface area (Å²) in [4.78, 5) is 4.48. The highest BCUT2D eigenvalue weighted by atomic mass is 14.7. The second-order valence-electron chi connectivity index (χ2n) is 4.05. The molecule has 1 aromatic carbocycles. The van der Waals surface area contributed by atoms with Crippen LogP contribution in [-0.2, 0) is 6.42 Å². The maximum Gasteiger partial charge on any atom is 0.0991 e. The number of aryl methyl sites for hydroxylation is 2. The average Bonchev–Trinajstić information content (AvgIpc) is 2.38. The molecule has 2 nitrogen and oxygen atoms in total. The topological polar surface area (TPSA) is 36.7 Å². The number of hydrogen-bond acceptors (Lipinski definition) is 2. The molecule has 0 radical (unpaired) electrons. The molecule has 1 heterocycles. The second-order valence-corrected chi connectivity index (χ2v) is 4.05. The zero-order chi connectivity index (χ0) is 12.3. The lowest BCUT2D eigenvalue weighted by Gasteiger charge is -2.05. The van der Waals surface area contributed by atoms with E-state index < -0.39 is 0 Å². The van der Waals surface area contributed by atoms with Gasteiger partial charge in [0.1, 0.15) is 0 Å². The number of benzene rings is 1. The molecule has 0 N–H and O–H groups in total. The fraction of sp³-hybridized carbons (Fsp3) is 0.200. The van der Waals surface area contributed by atoms with E-state index in [9.17, 15) is 0 Å². The normalized spacial score (nSPS) is 9.94. The summed E-state index contributed by atoms with van der Waals surface area (Å²) < 4.78 is 0. The van der Waals surface area contributed by atoms with Crippen LogP contribution in [0.1, 0.15) is 23.7 Å². The summed E-state index contributed by atoms with van der Waals surface area (Å²) in [5.41, 5.74) is 4.80. The molecule has 0 spiro atoms. The van der Waals surface area contributed by atoms with Gasteiger partial charge < -0.3 is 0 Å². The lowest BCUT2D eigenvalue weighted by molar-refractivity contribution is 1.13. The van der Waals surface area contributed by atoms with E-state index in [0.717, 1.165) is 23.4 Å². The Bertz CT molecular complexity index is 580. The fourth-order valence-corrected chi connectivity index (χ4v) is 1.81. The third-order valence-electron chi connectivity index (χ3n) is 2.71. The van der Waals surface area contributed by atoms with Crippen molar-refractivity contribution in [3.8, 4) is 17.3 Å². The van der Waals surface area contributed by atoms with Crippen LogP contribution in [0, 0.1) is 18.3 Å². The highest BCUT2D eigenvalue weighted by Gasteiger charge is 2.03. The summed E-state index contributed by atoms with van der Waals surface area (Å²) in [7, 11) is 0. The molecular formula is C15H14N2. The Morgan fingerprint density at radius 3 is 2.71 bits per heavy atom. The van der Waals surface area contributed by atoms with Crippen molar-refractivity contribution in [2.24, 2.45) is 0 Å². The van der Waals surface area contributed by atoms with Gasteiger partial charge in [0.25, 0.3) is 0 Å². The van der Waals surface area contributed by atoms with Gasteiger partial charge in [-0.05, 0) is 49.2 Å². The predicted molar refractivity (Wildman–Crippen MR) is 68.5 cm³/mol. The van der Waals surface area contributed by atoms with Gasteiger partial charge in [0, 0.05) is 11.3 Å². The first kappa shape index (κ1) is 11.3. The lowest BCUT2D eigenvalue weighted by atomic mass is 10.0. The van der Waals surface area contributed by atoms with Gasteiger partial charge in [-0.15, -0.1) is 0 Å². The first-order valence-corrected chi connectivity index (χ1v) is 5.71. The largest absolute Gasteiger partial charge is 0.253 e. The predicted octanol–water partition coefficient (Wildman–Crippen LogP) is 3.49. The first-order chi connectivity index (χ1) is 8.22. The summed E-state index contributed by atoms with van der Waals surface area (Å²) in [6.45, 7) is 4.06. The highest BCUT2D eigenvalue weighted by molar-refractivity contribution is 5.62. The molecule has 0 bridgehead atoms. The van der Waals surface area contributed by atoms with E-state index in [1.165, 1.54) is 5.56 Å². The van der Waals surface area contributed by atoms with Crippen LogP contribution in [0.2, 0.25) is 0 Å². The van der Waals surface area contributed by atoms with Crippen LogP contribution in [0.5, 0.6) is 0 Å². The van der Waals surface area contributed by atoms with Crippen molar-refractivity contribution in [2.75, 3.05) is 0 Å². The SMILES string of the molecule is CCc1cc(C#N)cc(-c2cccc(C)n2)c1. The maximum atomic E-state index is 9.01. The van der Waals surface area contributed by atoms with Crippen molar-refractivity contribution in [3.63, 3.8) is 0 Å². The highest BCUT2D eigenvalue weighted by Crippen LogP contribution is 2.21. The number of pyridine rings is 1. The molecule has 0 fully saturated rings. The van der Waals surface area contributed by atoms with Crippen molar-refractivity contribution in [1.29, 1.82) is 5.26 Å². The van der Waals surface area contributed by atoms with Crippen LogP contribution in [0.25, 0.3) is 11.3 Å². The smallest absolute Gasteiger partial charge is 0.0991 e. The number of hydrogen-bond donors (Lipinski definition) is 0. The third-order valence-corrected chi connectivity index (χ3v) is 2.71. The van der Waals surface area contributed by atoms with Gasteiger partial charge in [-0.1, -0.05) is 13.0 Å². The zero-order valence-electron chi connectivity index (χ0n) is 10.1. The van der Waals surface area contributed by atoms with Crippen LogP contribution in [0.4, 0.5) is 0 Å². The lowest BCUT2D eigenvalue weighted by Crippen LogP contribution is -1.90. The molecule has 0 unspecified atom stereocenters. The molecule has 2 rings (SSSR count). The van der Waals surface area contributed by atoms with Crippen LogP contribution in [0.3, 0.4) is 0 Å². The minimum Gasteiger partial charge on any atom is -0.253 e. The van der Waals surface area contributed by atoms with Gasteiger partial charge in [0.05, 0.1) is 17.3 Å². The van der Waals surface area contributed by atoms with E-state index in [0.29, 0.717) is 5.56 Å². The van der Waals surface area contributed by atoms with Gasteiger partial charge in [-0.25, -0.2) is 0 Å². The first-order valence-electron chi connectivity index (χ1n) is 5.71. The van der Waals surface area contributed by atoms with Gasteiger partial charge in [0.2, 0.25) is 0 Å². The minimum absolute atomic E-state index is 0.697. The van der Waals surface area contributed by atoms with E-state index >= 15 is 0 Å². The molecule has 1 aromatic heterocycles. The summed E-state index contributed by atoms with van der Waals surface area (Å²) in [5, 5.41) is 9.01. The van der Waals surface area contributed by atoms with Crippen LogP contribution in [0.15, 0.2) is 36.4 Å². The van der Waals surface area contributed by atoms with Crippen LogP contribution in [-0.4, -0.2) is 4.98 Å². The van der Waals surface area contributed by atoms with Gasteiger partial charge in [-0.2, -0.15) is 5.26 Å². The monoisotopic (exact) mass is 222 g/mol. The van der Waals surface area contributed by atoms with Gasteiger partial charge >= 0.3 is 0 Å². The van der Waals surface area contributed by atoms with Crippen molar-refractivity contribution in [3.05, 3.63) is 53.2 Å². The minimum atomic E-state index is 0.697. The second kappa shape index (κ2) is 4.80. The van der Waals surface area contributed by atoms with Crippen LogP contribution >= 0.6 is 0 Å². The van der Waals surface area contributed by atoms with E-state index in [-0.39, 0.29) is 0 Å². The molecule has 2 aromatic rings. The molecule has 84 valence electrons. The number of rotatable bonds is 2. The molecule has 0 amide bonds. The molecular weight excluding hydrogens is 208 g/mol. The molecule has 2 heteroatoms. The average molecular weight is 222 g/mol. The summed E-state index contributed by atoms with van der Waals surface area (Å²) in [6, 6.07) is 14.1. The molecule has 0 saturated carbocycles. The zero-order valence-corrected chi connectivity index (χ0v) is 10.1. The van der Waals surface area contributed by atoms with E-state index in [1.54, 1.807) is 0 Å². The molecule has 0 aliphatic carbocycles. The van der Waals surface area contributed by atoms with Crippen molar-refractivity contribution in [2.45, 2.75) is 20.3 Å². The van der Waals surface area contributed by atoms with Crippen molar-refractivity contribution >= 4 is 0 Å².